The molecule has 0 radical (unpaired) electrons. The van der Waals surface area contributed by atoms with Gasteiger partial charge < -0.3 is 20.1 Å². The molecule has 3 aliphatic rings. The summed E-state index contributed by atoms with van der Waals surface area (Å²) in [5.41, 5.74) is 4.65. The third-order valence-corrected chi connectivity index (χ3v) is 7.14. The highest BCUT2D eigenvalue weighted by atomic mass is 16.5. The van der Waals surface area contributed by atoms with Gasteiger partial charge in [0.1, 0.15) is 12.6 Å². The Labute approximate surface area is 198 Å². The first-order valence-electron chi connectivity index (χ1n) is 11.8. The maximum absolute atomic E-state index is 13.0. The van der Waals surface area contributed by atoms with Crippen molar-refractivity contribution >= 4 is 18.0 Å². The van der Waals surface area contributed by atoms with Crippen molar-refractivity contribution in [1.82, 2.24) is 10.2 Å². The zero-order chi connectivity index (χ0) is 23.7. The van der Waals surface area contributed by atoms with Gasteiger partial charge in [-0.2, -0.15) is 0 Å². The zero-order valence-electron chi connectivity index (χ0n) is 18.9. The number of carbonyl (C=O) groups is 3. The minimum Gasteiger partial charge on any atom is -0.480 e. The lowest BCUT2D eigenvalue weighted by molar-refractivity contribution is -0.150. The van der Waals surface area contributed by atoms with Crippen molar-refractivity contribution in [2.24, 2.45) is 5.92 Å². The molecule has 7 heteroatoms. The summed E-state index contributed by atoms with van der Waals surface area (Å²) < 4.78 is 5.63. The number of hydrogen-bond acceptors (Lipinski definition) is 4. The standard InChI is InChI=1S/C27H28N2O5/c30-25(29-14-6-13-24(29)26(31)32)17-7-5-8-18(15-17)28-27(33)34-16-23-21-11-3-1-9-19(21)20-10-2-4-12-22(20)23/h1-5,8-12,17-18,23-24H,6-7,13-16H2,(H,28,33)(H,31,32)/t17?,18?,24-/m1/s1. The quantitative estimate of drug-likeness (QED) is 0.659. The Hall–Kier alpha value is -3.61. The molecule has 1 saturated heterocycles. The van der Waals surface area contributed by atoms with Crippen molar-refractivity contribution in [3.05, 3.63) is 71.8 Å². The van der Waals surface area contributed by atoms with Crippen molar-refractivity contribution in [1.29, 1.82) is 0 Å². The number of ether oxygens (including phenoxy) is 1. The van der Waals surface area contributed by atoms with E-state index in [2.05, 4.69) is 29.6 Å². The Kier molecular flexibility index (Phi) is 6.09. The topological polar surface area (TPSA) is 95.9 Å². The fraction of sp³-hybridized carbons (Fsp3) is 0.370. The Bertz CT molecular complexity index is 1100. The molecule has 0 aromatic heterocycles. The van der Waals surface area contributed by atoms with Crippen LogP contribution in [0.3, 0.4) is 0 Å². The number of carboxylic acid groups (broad SMARTS) is 1. The average Bonchev–Trinajstić information content (AvgIpc) is 3.46. The zero-order valence-corrected chi connectivity index (χ0v) is 18.9. The summed E-state index contributed by atoms with van der Waals surface area (Å²) in [4.78, 5) is 38.5. The molecule has 7 nitrogen and oxygen atoms in total. The van der Waals surface area contributed by atoms with Crippen LogP contribution in [-0.4, -0.2) is 53.2 Å². The molecule has 2 amide bonds. The van der Waals surface area contributed by atoms with Gasteiger partial charge in [-0.3, -0.25) is 4.79 Å². The maximum atomic E-state index is 13.0. The molecule has 0 bridgehead atoms. The molecule has 2 unspecified atom stereocenters. The number of rotatable bonds is 5. The van der Waals surface area contributed by atoms with Gasteiger partial charge in [0.25, 0.3) is 0 Å². The molecule has 1 fully saturated rings. The lowest BCUT2D eigenvalue weighted by atomic mass is 9.89. The van der Waals surface area contributed by atoms with Gasteiger partial charge >= 0.3 is 12.1 Å². The van der Waals surface area contributed by atoms with Crippen LogP contribution in [0, 0.1) is 5.92 Å². The minimum absolute atomic E-state index is 0.0162. The summed E-state index contributed by atoms with van der Waals surface area (Å²) in [6.45, 7) is 0.702. The molecule has 2 N–H and O–H groups in total. The number of allylic oxidation sites excluding steroid dienone is 1. The maximum Gasteiger partial charge on any atom is 0.407 e. The number of fused-ring (bicyclic) bond motifs is 3. The molecule has 1 heterocycles. The van der Waals surface area contributed by atoms with E-state index >= 15 is 0 Å². The third-order valence-electron chi connectivity index (χ3n) is 7.14. The van der Waals surface area contributed by atoms with Crippen LogP contribution in [0.1, 0.15) is 42.7 Å². The summed E-state index contributed by atoms with van der Waals surface area (Å²) >= 11 is 0. The average molecular weight is 461 g/mol. The van der Waals surface area contributed by atoms with Crippen molar-refractivity contribution < 1.29 is 24.2 Å². The van der Waals surface area contributed by atoms with Gasteiger partial charge in [-0.05, 0) is 47.9 Å². The van der Waals surface area contributed by atoms with Gasteiger partial charge in [-0.1, -0.05) is 60.7 Å². The SMILES string of the molecule is O=C(NC1C=CCC(C(=O)N2CCC[C@@H]2C(=O)O)C1)OCC1c2ccccc2-c2ccccc21. The van der Waals surface area contributed by atoms with Gasteiger partial charge in [0.2, 0.25) is 5.91 Å². The van der Waals surface area contributed by atoms with E-state index in [-0.39, 0.29) is 30.4 Å². The fourth-order valence-electron chi connectivity index (χ4n) is 5.51. The van der Waals surface area contributed by atoms with Gasteiger partial charge in [0, 0.05) is 18.4 Å². The first-order chi connectivity index (χ1) is 16.5. The molecule has 2 aliphatic carbocycles. The number of alkyl carbamates (subject to hydrolysis) is 1. The summed E-state index contributed by atoms with van der Waals surface area (Å²) in [5, 5.41) is 12.3. The van der Waals surface area contributed by atoms with E-state index < -0.39 is 18.1 Å². The van der Waals surface area contributed by atoms with E-state index in [0.29, 0.717) is 32.2 Å². The van der Waals surface area contributed by atoms with Crippen LogP contribution in [0.5, 0.6) is 0 Å². The van der Waals surface area contributed by atoms with Gasteiger partial charge in [0.05, 0.1) is 6.04 Å². The van der Waals surface area contributed by atoms with Crippen LogP contribution in [0.25, 0.3) is 11.1 Å². The monoisotopic (exact) mass is 460 g/mol. The molecular formula is C27H28N2O5. The summed E-state index contributed by atoms with van der Waals surface area (Å²) in [7, 11) is 0. The minimum atomic E-state index is -0.953. The van der Waals surface area contributed by atoms with Crippen LogP contribution in [0.2, 0.25) is 0 Å². The second-order valence-electron chi connectivity index (χ2n) is 9.20. The van der Waals surface area contributed by atoms with Crippen molar-refractivity contribution in [2.75, 3.05) is 13.2 Å². The van der Waals surface area contributed by atoms with E-state index in [9.17, 15) is 19.5 Å². The molecule has 1 aliphatic heterocycles. The van der Waals surface area contributed by atoms with Crippen molar-refractivity contribution in [3.63, 3.8) is 0 Å². The Morgan fingerprint density at radius 1 is 1.03 bits per heavy atom. The molecule has 5 rings (SSSR count). The second kappa shape index (κ2) is 9.33. The van der Waals surface area contributed by atoms with E-state index in [1.807, 2.05) is 36.4 Å². The predicted octanol–water partition coefficient (Wildman–Crippen LogP) is 3.94. The van der Waals surface area contributed by atoms with Crippen LogP contribution in [-0.2, 0) is 14.3 Å². The summed E-state index contributed by atoms with van der Waals surface area (Å²) in [6, 6.07) is 15.3. The molecule has 176 valence electrons. The largest absolute Gasteiger partial charge is 0.480 e. The number of amides is 2. The van der Waals surface area contributed by atoms with Gasteiger partial charge in [-0.25, -0.2) is 9.59 Å². The smallest absolute Gasteiger partial charge is 0.407 e. The van der Waals surface area contributed by atoms with E-state index in [4.69, 9.17) is 4.74 Å². The van der Waals surface area contributed by atoms with Crippen LogP contribution in [0.4, 0.5) is 4.79 Å². The molecular weight excluding hydrogens is 432 g/mol. The van der Waals surface area contributed by atoms with E-state index in [1.54, 1.807) is 0 Å². The predicted molar refractivity (Wildman–Crippen MR) is 126 cm³/mol. The van der Waals surface area contributed by atoms with Crippen molar-refractivity contribution in [2.45, 2.75) is 43.7 Å². The number of nitrogens with zero attached hydrogens (tertiary/aromatic N) is 1. The Morgan fingerprint density at radius 3 is 2.38 bits per heavy atom. The molecule has 0 saturated carbocycles. The molecule has 34 heavy (non-hydrogen) atoms. The van der Waals surface area contributed by atoms with Gasteiger partial charge in [0.15, 0.2) is 0 Å². The molecule has 3 atom stereocenters. The Balaban J connectivity index is 1.19. The molecule has 2 aromatic rings. The normalized spacial score (nSPS) is 23.3. The van der Waals surface area contributed by atoms with E-state index in [0.717, 1.165) is 11.1 Å². The molecule has 0 spiro atoms. The Morgan fingerprint density at radius 2 is 1.71 bits per heavy atom. The number of benzene rings is 2. The second-order valence-corrected chi connectivity index (χ2v) is 9.20. The lowest BCUT2D eigenvalue weighted by Crippen LogP contribution is -2.46. The fourth-order valence-corrected chi connectivity index (χ4v) is 5.51. The lowest BCUT2D eigenvalue weighted by Gasteiger charge is -2.30. The number of hydrogen-bond donors (Lipinski definition) is 2. The highest BCUT2D eigenvalue weighted by molar-refractivity contribution is 5.86. The van der Waals surface area contributed by atoms with Crippen LogP contribution in [0.15, 0.2) is 60.7 Å². The number of nitrogens with one attached hydrogen (secondary N) is 1. The number of carbonyl (C=O) groups excluding carboxylic acids is 2. The summed E-state index contributed by atoms with van der Waals surface area (Å²) in [5.74, 6) is -1.46. The highest BCUT2D eigenvalue weighted by Gasteiger charge is 2.38. The third kappa shape index (κ3) is 4.18. The van der Waals surface area contributed by atoms with Gasteiger partial charge in [-0.15, -0.1) is 0 Å². The van der Waals surface area contributed by atoms with Crippen molar-refractivity contribution in [3.8, 4) is 11.1 Å². The van der Waals surface area contributed by atoms with Crippen LogP contribution < -0.4 is 5.32 Å². The number of aliphatic carboxylic acids is 1. The summed E-state index contributed by atoms with van der Waals surface area (Å²) in [6.07, 6.45) is 5.41. The first kappa shape index (κ1) is 22.2. The first-order valence-corrected chi connectivity index (χ1v) is 11.8. The molecule has 2 aromatic carbocycles. The number of carboxylic acids is 1. The highest BCUT2D eigenvalue weighted by Crippen LogP contribution is 2.44. The number of likely N-dealkylation sites (tertiary alicyclic amines) is 1. The van der Waals surface area contributed by atoms with E-state index in [1.165, 1.54) is 16.0 Å². The van der Waals surface area contributed by atoms with Crippen LogP contribution >= 0.6 is 0 Å².